The van der Waals surface area contributed by atoms with Gasteiger partial charge in [-0.2, -0.15) is 5.10 Å². The molecule has 0 fully saturated rings. The van der Waals surface area contributed by atoms with E-state index in [9.17, 15) is 5.11 Å². The molecule has 1 heterocycles. The third kappa shape index (κ3) is 2.61. The SMILES string of the molecule is Cn1ncc(C(O)Cc2cc(Cl)ccc2Cl)c1N. The summed E-state index contributed by atoms with van der Waals surface area (Å²) in [6.07, 6.45) is 1.14. The van der Waals surface area contributed by atoms with Crippen molar-refractivity contribution >= 4 is 29.0 Å². The molecule has 6 heteroatoms. The largest absolute Gasteiger partial charge is 0.388 e. The van der Waals surface area contributed by atoms with Crippen LogP contribution in [-0.4, -0.2) is 14.9 Å². The summed E-state index contributed by atoms with van der Waals surface area (Å²) in [7, 11) is 1.72. The number of aliphatic hydroxyl groups is 1. The molecule has 1 atom stereocenters. The first-order chi connectivity index (χ1) is 8.49. The highest BCUT2D eigenvalue weighted by Crippen LogP contribution is 2.28. The van der Waals surface area contributed by atoms with Gasteiger partial charge >= 0.3 is 0 Å². The number of hydrogen-bond acceptors (Lipinski definition) is 3. The van der Waals surface area contributed by atoms with Gasteiger partial charge in [-0.1, -0.05) is 23.2 Å². The van der Waals surface area contributed by atoms with Crippen molar-refractivity contribution < 1.29 is 5.11 Å². The minimum absolute atomic E-state index is 0.343. The van der Waals surface area contributed by atoms with E-state index in [2.05, 4.69) is 5.10 Å². The molecule has 1 aromatic heterocycles. The molecule has 0 aliphatic heterocycles. The minimum Gasteiger partial charge on any atom is -0.388 e. The Hall–Kier alpha value is -1.23. The number of hydrogen-bond donors (Lipinski definition) is 2. The van der Waals surface area contributed by atoms with Crippen LogP contribution in [-0.2, 0) is 13.5 Å². The Labute approximate surface area is 115 Å². The molecular weight excluding hydrogens is 273 g/mol. The maximum atomic E-state index is 10.1. The smallest absolute Gasteiger partial charge is 0.127 e. The summed E-state index contributed by atoms with van der Waals surface area (Å²) in [6, 6.07) is 5.15. The van der Waals surface area contributed by atoms with Crippen LogP contribution in [0.2, 0.25) is 10.0 Å². The normalized spacial score (nSPS) is 12.7. The first kappa shape index (κ1) is 13.2. The van der Waals surface area contributed by atoms with Gasteiger partial charge in [-0.3, -0.25) is 4.68 Å². The number of rotatable bonds is 3. The van der Waals surface area contributed by atoms with Crippen molar-refractivity contribution in [3.63, 3.8) is 0 Å². The van der Waals surface area contributed by atoms with Crippen LogP contribution >= 0.6 is 23.2 Å². The summed E-state index contributed by atoms with van der Waals surface area (Å²) in [5, 5.41) is 15.3. The zero-order valence-corrected chi connectivity index (χ0v) is 11.3. The van der Waals surface area contributed by atoms with E-state index in [1.807, 2.05) is 0 Å². The molecule has 96 valence electrons. The number of nitrogen functional groups attached to an aromatic ring is 1. The lowest BCUT2D eigenvalue weighted by Gasteiger charge is -2.11. The lowest BCUT2D eigenvalue weighted by molar-refractivity contribution is 0.179. The number of nitrogens with zero attached hydrogens (tertiary/aromatic N) is 2. The number of aryl methyl sites for hydroxylation is 1. The van der Waals surface area contributed by atoms with E-state index in [0.717, 1.165) is 5.56 Å². The summed E-state index contributed by atoms with van der Waals surface area (Å²) in [5.74, 6) is 0.445. The van der Waals surface area contributed by atoms with Crippen LogP contribution in [0, 0.1) is 0 Å². The number of halogens is 2. The van der Waals surface area contributed by atoms with Gasteiger partial charge in [-0.05, 0) is 23.8 Å². The van der Waals surface area contributed by atoms with Crippen LogP contribution in [0.3, 0.4) is 0 Å². The van der Waals surface area contributed by atoms with Gasteiger partial charge in [0.2, 0.25) is 0 Å². The number of nitrogens with two attached hydrogens (primary N) is 1. The quantitative estimate of drug-likeness (QED) is 0.911. The fourth-order valence-electron chi connectivity index (χ4n) is 1.74. The minimum atomic E-state index is -0.755. The van der Waals surface area contributed by atoms with Gasteiger partial charge in [0.1, 0.15) is 5.82 Å². The number of aliphatic hydroxyl groups excluding tert-OH is 1. The highest BCUT2D eigenvalue weighted by Gasteiger charge is 2.16. The Morgan fingerprint density at radius 1 is 1.44 bits per heavy atom. The molecule has 0 amide bonds. The van der Waals surface area contributed by atoms with Crippen LogP contribution in [0.25, 0.3) is 0 Å². The van der Waals surface area contributed by atoms with E-state index < -0.39 is 6.10 Å². The van der Waals surface area contributed by atoms with E-state index in [-0.39, 0.29) is 0 Å². The molecule has 0 aliphatic rings. The van der Waals surface area contributed by atoms with Gasteiger partial charge in [-0.15, -0.1) is 0 Å². The molecule has 1 unspecified atom stereocenters. The molecule has 0 bridgehead atoms. The van der Waals surface area contributed by atoms with Gasteiger partial charge in [0.15, 0.2) is 0 Å². The Kier molecular flexibility index (Phi) is 3.80. The molecule has 0 radical (unpaired) electrons. The maximum absolute atomic E-state index is 10.1. The molecule has 0 saturated heterocycles. The summed E-state index contributed by atoms with van der Waals surface area (Å²) >= 11 is 12.0. The van der Waals surface area contributed by atoms with Gasteiger partial charge in [0, 0.05) is 29.1 Å². The number of anilines is 1. The van der Waals surface area contributed by atoms with Crippen molar-refractivity contribution in [1.29, 1.82) is 0 Å². The van der Waals surface area contributed by atoms with Crippen molar-refractivity contribution in [2.24, 2.45) is 7.05 Å². The standard InChI is InChI=1S/C12H13Cl2N3O/c1-17-12(15)9(6-16-17)11(18)5-7-4-8(13)2-3-10(7)14/h2-4,6,11,18H,5,15H2,1H3. The van der Waals surface area contributed by atoms with Crippen molar-refractivity contribution in [2.75, 3.05) is 5.73 Å². The van der Waals surface area contributed by atoms with Crippen LogP contribution in [0.1, 0.15) is 17.2 Å². The Morgan fingerprint density at radius 3 is 2.78 bits per heavy atom. The molecule has 2 rings (SSSR count). The van der Waals surface area contributed by atoms with E-state index in [1.54, 1.807) is 31.4 Å². The van der Waals surface area contributed by atoms with Gasteiger partial charge in [-0.25, -0.2) is 0 Å². The highest BCUT2D eigenvalue weighted by atomic mass is 35.5. The van der Waals surface area contributed by atoms with E-state index >= 15 is 0 Å². The lowest BCUT2D eigenvalue weighted by Crippen LogP contribution is -2.06. The zero-order valence-electron chi connectivity index (χ0n) is 9.77. The summed E-state index contributed by atoms with van der Waals surface area (Å²) in [6.45, 7) is 0. The van der Waals surface area contributed by atoms with Gasteiger partial charge in [0.25, 0.3) is 0 Å². The molecule has 2 aromatic rings. The molecule has 1 aromatic carbocycles. The fraction of sp³-hybridized carbons (Fsp3) is 0.250. The predicted octanol–water partition coefficient (Wildman–Crippen LogP) is 2.59. The average molecular weight is 286 g/mol. The molecule has 0 saturated carbocycles. The first-order valence-electron chi connectivity index (χ1n) is 5.38. The van der Waals surface area contributed by atoms with E-state index in [4.69, 9.17) is 28.9 Å². The van der Waals surface area contributed by atoms with Crippen LogP contribution in [0.5, 0.6) is 0 Å². The number of benzene rings is 1. The monoisotopic (exact) mass is 285 g/mol. The van der Waals surface area contributed by atoms with Crippen LogP contribution in [0.15, 0.2) is 24.4 Å². The second-order valence-electron chi connectivity index (χ2n) is 4.06. The fourth-order valence-corrected chi connectivity index (χ4v) is 2.13. The second kappa shape index (κ2) is 5.18. The zero-order chi connectivity index (χ0) is 13.3. The van der Waals surface area contributed by atoms with Gasteiger partial charge in [0.05, 0.1) is 12.3 Å². The predicted molar refractivity (Wildman–Crippen MR) is 72.7 cm³/mol. The van der Waals surface area contributed by atoms with E-state index in [1.165, 1.54) is 4.68 Å². The summed E-state index contributed by atoms with van der Waals surface area (Å²) in [5.41, 5.74) is 7.18. The third-order valence-electron chi connectivity index (χ3n) is 2.79. The third-order valence-corrected chi connectivity index (χ3v) is 3.40. The molecule has 0 spiro atoms. The Morgan fingerprint density at radius 2 is 2.17 bits per heavy atom. The van der Waals surface area contributed by atoms with Crippen molar-refractivity contribution in [1.82, 2.24) is 9.78 Å². The molecule has 18 heavy (non-hydrogen) atoms. The average Bonchev–Trinajstić information content (AvgIpc) is 2.65. The first-order valence-corrected chi connectivity index (χ1v) is 6.14. The second-order valence-corrected chi connectivity index (χ2v) is 4.91. The molecular formula is C12H13Cl2N3O. The Bertz CT molecular complexity index is 568. The van der Waals surface area contributed by atoms with Crippen LogP contribution < -0.4 is 5.73 Å². The van der Waals surface area contributed by atoms with Gasteiger partial charge < -0.3 is 10.8 Å². The molecule has 0 aliphatic carbocycles. The van der Waals surface area contributed by atoms with Crippen molar-refractivity contribution in [2.45, 2.75) is 12.5 Å². The topological polar surface area (TPSA) is 64.1 Å². The maximum Gasteiger partial charge on any atom is 0.127 e. The van der Waals surface area contributed by atoms with E-state index in [0.29, 0.717) is 27.8 Å². The highest BCUT2D eigenvalue weighted by molar-refractivity contribution is 6.33. The summed E-state index contributed by atoms with van der Waals surface area (Å²) in [4.78, 5) is 0. The van der Waals surface area contributed by atoms with Crippen molar-refractivity contribution in [3.05, 3.63) is 45.6 Å². The molecule has 4 nitrogen and oxygen atoms in total. The summed E-state index contributed by atoms with van der Waals surface area (Å²) < 4.78 is 1.51. The number of aromatic nitrogens is 2. The lowest BCUT2D eigenvalue weighted by atomic mass is 10.0. The molecule has 3 N–H and O–H groups in total. The Balaban J connectivity index is 2.23. The van der Waals surface area contributed by atoms with Crippen LogP contribution in [0.4, 0.5) is 5.82 Å². The van der Waals surface area contributed by atoms with Crippen molar-refractivity contribution in [3.8, 4) is 0 Å².